The van der Waals surface area contributed by atoms with Crippen LogP contribution >= 0.6 is 0 Å². The van der Waals surface area contributed by atoms with Gasteiger partial charge in [0.15, 0.2) is 0 Å². The van der Waals surface area contributed by atoms with Gasteiger partial charge in [-0.05, 0) is 48.9 Å². The number of nitrogens with one attached hydrogen (secondary N) is 1. The third kappa shape index (κ3) is 3.22. The number of hydrogen-bond donors (Lipinski definition) is 1. The molecule has 0 bridgehead atoms. The van der Waals surface area contributed by atoms with Crippen molar-refractivity contribution in [3.63, 3.8) is 0 Å². The van der Waals surface area contributed by atoms with E-state index < -0.39 is 0 Å². The van der Waals surface area contributed by atoms with E-state index in [4.69, 9.17) is 0 Å². The Morgan fingerprint density at radius 3 is 3.10 bits per heavy atom. The molecule has 0 spiro atoms. The van der Waals surface area contributed by atoms with Crippen LogP contribution in [0.4, 0.5) is 0 Å². The topological polar surface area (TPSA) is 24.9 Å². The average Bonchev–Trinajstić information content (AvgIpc) is 2.55. The van der Waals surface area contributed by atoms with E-state index in [1.165, 1.54) is 17.4 Å². The molecule has 1 N–H and O–H groups in total. The van der Waals surface area contributed by atoms with Crippen LogP contribution in [-0.4, -0.2) is 18.1 Å². The van der Waals surface area contributed by atoms with Crippen LogP contribution in [0, 0.1) is 11.8 Å². The Bertz CT molecular complexity index is 640. The van der Waals surface area contributed by atoms with E-state index in [1.807, 2.05) is 12.3 Å². The molecule has 21 heavy (non-hydrogen) atoms. The fourth-order valence-electron chi connectivity index (χ4n) is 3.14. The van der Waals surface area contributed by atoms with Crippen molar-refractivity contribution in [1.29, 1.82) is 0 Å². The molecular weight excluding hydrogens is 256 g/mol. The number of rotatable bonds is 4. The molecule has 0 saturated carbocycles. The summed E-state index contributed by atoms with van der Waals surface area (Å²) in [6.45, 7) is 6.17. The number of piperidine rings is 1. The SMILES string of the molecule is C=C[C@H]1CNCC[C@H]1CC=Cc1ccnc2ccccc12. The highest BCUT2D eigenvalue weighted by atomic mass is 14.9. The van der Waals surface area contributed by atoms with Gasteiger partial charge in [-0.2, -0.15) is 0 Å². The summed E-state index contributed by atoms with van der Waals surface area (Å²) >= 11 is 0. The van der Waals surface area contributed by atoms with Crippen molar-refractivity contribution in [1.82, 2.24) is 10.3 Å². The number of aromatic nitrogens is 1. The van der Waals surface area contributed by atoms with Crippen LogP contribution < -0.4 is 5.32 Å². The number of para-hydroxylation sites is 1. The molecule has 2 heteroatoms. The third-order valence-electron chi connectivity index (χ3n) is 4.40. The maximum Gasteiger partial charge on any atom is 0.0707 e. The molecule has 2 heterocycles. The first kappa shape index (κ1) is 14.0. The molecule has 1 aromatic heterocycles. The Hall–Kier alpha value is -1.93. The number of pyridine rings is 1. The van der Waals surface area contributed by atoms with Gasteiger partial charge in [-0.3, -0.25) is 4.98 Å². The van der Waals surface area contributed by atoms with Gasteiger partial charge in [0.2, 0.25) is 0 Å². The van der Waals surface area contributed by atoms with Crippen molar-refractivity contribution in [3.8, 4) is 0 Å². The van der Waals surface area contributed by atoms with Gasteiger partial charge in [-0.1, -0.05) is 36.4 Å². The summed E-state index contributed by atoms with van der Waals surface area (Å²) in [5.74, 6) is 1.31. The standard InChI is InChI=1S/C19H22N2/c1-2-15-14-20-12-10-16(15)6-5-7-17-11-13-21-19-9-4-3-8-18(17)19/h2-5,7-9,11,13,15-16,20H,1,6,10,12,14H2/t15-,16+/m0/s1. The monoisotopic (exact) mass is 278 g/mol. The van der Waals surface area contributed by atoms with Gasteiger partial charge < -0.3 is 5.32 Å². The Kier molecular flexibility index (Phi) is 4.46. The van der Waals surface area contributed by atoms with Crippen LogP contribution in [0.2, 0.25) is 0 Å². The fourth-order valence-corrected chi connectivity index (χ4v) is 3.14. The molecule has 3 rings (SSSR count). The minimum absolute atomic E-state index is 0.595. The van der Waals surface area contributed by atoms with Gasteiger partial charge in [0, 0.05) is 18.1 Å². The zero-order valence-electron chi connectivity index (χ0n) is 12.3. The van der Waals surface area contributed by atoms with Crippen LogP contribution in [0.3, 0.4) is 0 Å². The van der Waals surface area contributed by atoms with E-state index in [1.54, 1.807) is 0 Å². The highest BCUT2D eigenvalue weighted by Crippen LogP contribution is 2.25. The lowest BCUT2D eigenvalue weighted by molar-refractivity contribution is 0.304. The minimum atomic E-state index is 0.595. The predicted molar refractivity (Wildman–Crippen MR) is 90.1 cm³/mol. The molecule has 1 aromatic carbocycles. The normalized spacial score (nSPS) is 22.7. The summed E-state index contributed by atoms with van der Waals surface area (Å²) in [7, 11) is 0. The predicted octanol–water partition coefficient (Wildman–Crippen LogP) is 4.05. The number of allylic oxidation sites excluding steroid dienone is 1. The van der Waals surface area contributed by atoms with Crippen LogP contribution in [0.15, 0.2) is 55.3 Å². The van der Waals surface area contributed by atoms with Crippen LogP contribution in [0.5, 0.6) is 0 Å². The molecule has 1 fully saturated rings. The summed E-state index contributed by atoms with van der Waals surface area (Å²) in [4.78, 5) is 4.41. The zero-order valence-corrected chi connectivity index (χ0v) is 12.3. The van der Waals surface area contributed by atoms with Crippen molar-refractivity contribution < 1.29 is 0 Å². The van der Waals surface area contributed by atoms with Gasteiger partial charge in [0.05, 0.1) is 5.52 Å². The number of benzene rings is 1. The molecule has 2 atom stereocenters. The molecule has 108 valence electrons. The van der Waals surface area contributed by atoms with E-state index in [2.05, 4.69) is 59.4 Å². The lowest BCUT2D eigenvalue weighted by atomic mass is 9.84. The quantitative estimate of drug-likeness (QED) is 0.853. The summed E-state index contributed by atoms with van der Waals surface area (Å²) in [6, 6.07) is 10.4. The Balaban J connectivity index is 1.74. The van der Waals surface area contributed by atoms with Gasteiger partial charge in [0.1, 0.15) is 0 Å². The number of hydrogen-bond acceptors (Lipinski definition) is 2. The van der Waals surface area contributed by atoms with Crippen molar-refractivity contribution >= 4 is 17.0 Å². The molecule has 2 nitrogen and oxygen atoms in total. The summed E-state index contributed by atoms with van der Waals surface area (Å²) in [6.07, 6.45) is 10.9. The maximum absolute atomic E-state index is 4.41. The Labute approximate surface area is 126 Å². The number of fused-ring (bicyclic) bond motifs is 1. The first-order chi connectivity index (χ1) is 10.4. The van der Waals surface area contributed by atoms with Gasteiger partial charge >= 0.3 is 0 Å². The Morgan fingerprint density at radius 1 is 1.29 bits per heavy atom. The van der Waals surface area contributed by atoms with Crippen LogP contribution in [0.1, 0.15) is 18.4 Å². The lowest BCUT2D eigenvalue weighted by Crippen LogP contribution is -2.35. The summed E-state index contributed by atoms with van der Waals surface area (Å²) < 4.78 is 0. The third-order valence-corrected chi connectivity index (χ3v) is 4.40. The van der Waals surface area contributed by atoms with Crippen LogP contribution in [-0.2, 0) is 0 Å². The first-order valence-electron chi connectivity index (χ1n) is 7.72. The minimum Gasteiger partial charge on any atom is -0.316 e. The summed E-state index contributed by atoms with van der Waals surface area (Å²) in [5, 5.41) is 4.67. The molecule has 2 aromatic rings. The molecule has 0 unspecified atom stereocenters. The second-order valence-corrected chi connectivity index (χ2v) is 5.71. The molecule has 0 aliphatic carbocycles. The van der Waals surface area contributed by atoms with Gasteiger partial charge in [-0.15, -0.1) is 6.58 Å². The van der Waals surface area contributed by atoms with Crippen molar-refractivity contribution in [2.24, 2.45) is 11.8 Å². The van der Waals surface area contributed by atoms with Crippen molar-refractivity contribution in [2.75, 3.05) is 13.1 Å². The zero-order chi connectivity index (χ0) is 14.5. The second-order valence-electron chi connectivity index (χ2n) is 5.71. The lowest BCUT2D eigenvalue weighted by Gasteiger charge is -2.29. The molecular formula is C19H22N2. The smallest absolute Gasteiger partial charge is 0.0707 e. The first-order valence-corrected chi connectivity index (χ1v) is 7.72. The highest BCUT2D eigenvalue weighted by molar-refractivity contribution is 5.87. The highest BCUT2D eigenvalue weighted by Gasteiger charge is 2.20. The summed E-state index contributed by atoms with van der Waals surface area (Å²) in [5.41, 5.74) is 2.31. The van der Waals surface area contributed by atoms with E-state index in [9.17, 15) is 0 Å². The van der Waals surface area contributed by atoms with Crippen LogP contribution in [0.25, 0.3) is 17.0 Å². The fraction of sp³-hybridized carbons (Fsp3) is 0.316. The van der Waals surface area contributed by atoms with E-state index in [0.717, 1.165) is 25.0 Å². The number of nitrogens with zero attached hydrogens (tertiary/aromatic N) is 1. The second kappa shape index (κ2) is 6.68. The molecule has 0 amide bonds. The molecule has 1 aliphatic heterocycles. The van der Waals surface area contributed by atoms with Crippen molar-refractivity contribution in [3.05, 3.63) is 60.8 Å². The largest absolute Gasteiger partial charge is 0.316 e. The van der Waals surface area contributed by atoms with Crippen molar-refractivity contribution in [2.45, 2.75) is 12.8 Å². The maximum atomic E-state index is 4.41. The molecule has 1 saturated heterocycles. The van der Waals surface area contributed by atoms with E-state index >= 15 is 0 Å². The molecule has 0 radical (unpaired) electrons. The average molecular weight is 278 g/mol. The Morgan fingerprint density at radius 2 is 2.19 bits per heavy atom. The van der Waals surface area contributed by atoms with Gasteiger partial charge in [0.25, 0.3) is 0 Å². The van der Waals surface area contributed by atoms with Gasteiger partial charge in [-0.25, -0.2) is 0 Å². The van der Waals surface area contributed by atoms with E-state index in [-0.39, 0.29) is 0 Å². The van der Waals surface area contributed by atoms with E-state index in [0.29, 0.717) is 11.8 Å². The molecule has 1 aliphatic rings.